The summed E-state index contributed by atoms with van der Waals surface area (Å²) in [6.45, 7) is 6.53. The quantitative estimate of drug-likeness (QED) is 0.772. The average Bonchev–Trinajstić information content (AvgIpc) is 2.67. The molecule has 0 aliphatic carbocycles. The van der Waals surface area contributed by atoms with Crippen molar-refractivity contribution in [2.75, 3.05) is 13.1 Å². The van der Waals surface area contributed by atoms with Gasteiger partial charge in [0.15, 0.2) is 0 Å². The second kappa shape index (κ2) is 4.09. The van der Waals surface area contributed by atoms with E-state index in [4.69, 9.17) is 0 Å². The molecule has 0 saturated carbocycles. The van der Waals surface area contributed by atoms with Crippen molar-refractivity contribution in [2.24, 2.45) is 0 Å². The van der Waals surface area contributed by atoms with E-state index in [0.717, 1.165) is 18.9 Å². The lowest BCUT2D eigenvalue weighted by molar-refractivity contribution is 0.360. The molecule has 2 rings (SSSR count). The third kappa shape index (κ3) is 1.80. The molecular formula is C10H18N4. The number of nitrogens with one attached hydrogen (secondary N) is 1. The minimum atomic E-state index is 0.458. The predicted molar refractivity (Wildman–Crippen MR) is 55.3 cm³/mol. The molecule has 1 aromatic rings. The first-order chi connectivity index (χ1) is 6.79. The Hall–Kier alpha value is -0.900. The van der Waals surface area contributed by atoms with Crippen molar-refractivity contribution >= 4 is 0 Å². The van der Waals surface area contributed by atoms with Gasteiger partial charge in [0.1, 0.15) is 12.2 Å². The molecule has 4 heteroatoms. The van der Waals surface area contributed by atoms with Crippen LogP contribution in [0.15, 0.2) is 6.33 Å². The van der Waals surface area contributed by atoms with Crippen LogP contribution in [0.3, 0.4) is 0 Å². The molecule has 1 saturated heterocycles. The highest BCUT2D eigenvalue weighted by atomic mass is 15.3. The molecule has 0 bridgehead atoms. The summed E-state index contributed by atoms with van der Waals surface area (Å²) in [5.41, 5.74) is 0. The summed E-state index contributed by atoms with van der Waals surface area (Å²) in [4.78, 5) is 0. The molecule has 1 N–H and O–H groups in total. The summed E-state index contributed by atoms with van der Waals surface area (Å²) in [6.07, 6.45) is 4.36. The summed E-state index contributed by atoms with van der Waals surface area (Å²) in [5.74, 6) is 1.57. The lowest BCUT2D eigenvalue weighted by Gasteiger charge is -2.25. The first-order valence-electron chi connectivity index (χ1n) is 5.39. The lowest BCUT2D eigenvalue weighted by atomic mass is 10.1. The maximum absolute atomic E-state index is 4.18. The van der Waals surface area contributed by atoms with Crippen LogP contribution in [-0.2, 0) is 0 Å². The molecular weight excluding hydrogens is 176 g/mol. The van der Waals surface area contributed by atoms with Crippen LogP contribution in [0.5, 0.6) is 0 Å². The first-order valence-corrected chi connectivity index (χ1v) is 5.39. The fraction of sp³-hybridized carbons (Fsp3) is 0.800. The molecule has 0 aromatic carbocycles. The highest BCUT2D eigenvalue weighted by Crippen LogP contribution is 2.21. The topological polar surface area (TPSA) is 42.7 Å². The lowest BCUT2D eigenvalue weighted by Crippen LogP contribution is -2.32. The normalized spacial score (nSPS) is 22.9. The van der Waals surface area contributed by atoms with Gasteiger partial charge >= 0.3 is 0 Å². The fourth-order valence-corrected chi connectivity index (χ4v) is 2.02. The molecule has 4 nitrogen and oxygen atoms in total. The summed E-state index contributed by atoms with van der Waals surface area (Å²) in [5, 5.41) is 11.6. The van der Waals surface area contributed by atoms with Crippen molar-refractivity contribution in [3.8, 4) is 0 Å². The van der Waals surface area contributed by atoms with Gasteiger partial charge in [0, 0.05) is 18.5 Å². The van der Waals surface area contributed by atoms with Crippen molar-refractivity contribution in [3.05, 3.63) is 12.2 Å². The Morgan fingerprint density at radius 3 is 3.07 bits per heavy atom. The largest absolute Gasteiger partial charge is 0.315 e. The van der Waals surface area contributed by atoms with Crippen LogP contribution in [0.2, 0.25) is 0 Å². The number of rotatable bonds is 2. The second-order valence-corrected chi connectivity index (χ2v) is 4.25. The molecule has 78 valence electrons. The van der Waals surface area contributed by atoms with Gasteiger partial charge in [-0.05, 0) is 19.4 Å². The number of hydrogen-bond acceptors (Lipinski definition) is 3. The molecule has 0 spiro atoms. The summed E-state index contributed by atoms with van der Waals surface area (Å²) >= 11 is 0. The Labute approximate surface area is 84.7 Å². The molecule has 1 fully saturated rings. The Balaban J connectivity index is 2.17. The molecule has 0 amide bonds. The van der Waals surface area contributed by atoms with E-state index < -0.39 is 0 Å². The average molecular weight is 194 g/mol. The third-order valence-electron chi connectivity index (χ3n) is 2.78. The maximum Gasteiger partial charge on any atom is 0.135 e. The molecule has 1 aliphatic rings. The zero-order chi connectivity index (χ0) is 9.97. The van der Waals surface area contributed by atoms with Gasteiger partial charge in [0.2, 0.25) is 0 Å². The fourth-order valence-electron chi connectivity index (χ4n) is 2.02. The molecule has 0 radical (unpaired) electrons. The number of aromatic nitrogens is 3. The van der Waals surface area contributed by atoms with Crippen LogP contribution in [0, 0.1) is 0 Å². The van der Waals surface area contributed by atoms with E-state index in [1.54, 1.807) is 0 Å². The Bertz CT molecular complexity index is 286. The van der Waals surface area contributed by atoms with Crippen LogP contribution in [-0.4, -0.2) is 27.9 Å². The zero-order valence-corrected chi connectivity index (χ0v) is 8.90. The minimum absolute atomic E-state index is 0.458. The smallest absolute Gasteiger partial charge is 0.135 e. The van der Waals surface area contributed by atoms with E-state index in [-0.39, 0.29) is 0 Å². The Kier molecular flexibility index (Phi) is 2.82. The highest BCUT2D eigenvalue weighted by molar-refractivity contribution is 4.96. The predicted octanol–water partition coefficient (Wildman–Crippen LogP) is 1.33. The number of hydrogen-bond donors (Lipinski definition) is 1. The molecule has 2 heterocycles. The van der Waals surface area contributed by atoms with Crippen LogP contribution in [0.25, 0.3) is 0 Å². The second-order valence-electron chi connectivity index (χ2n) is 4.25. The monoisotopic (exact) mass is 194 g/mol. The van der Waals surface area contributed by atoms with E-state index >= 15 is 0 Å². The van der Waals surface area contributed by atoms with E-state index in [9.17, 15) is 0 Å². The van der Waals surface area contributed by atoms with Gasteiger partial charge in [-0.25, -0.2) is 0 Å². The van der Waals surface area contributed by atoms with Crippen molar-refractivity contribution in [1.29, 1.82) is 0 Å². The van der Waals surface area contributed by atoms with Crippen molar-refractivity contribution in [2.45, 2.75) is 38.6 Å². The van der Waals surface area contributed by atoms with Crippen LogP contribution in [0.4, 0.5) is 0 Å². The van der Waals surface area contributed by atoms with Gasteiger partial charge in [-0.1, -0.05) is 13.8 Å². The summed E-state index contributed by atoms with van der Waals surface area (Å²) in [7, 11) is 0. The molecule has 14 heavy (non-hydrogen) atoms. The van der Waals surface area contributed by atoms with Gasteiger partial charge in [0.05, 0.1) is 0 Å². The van der Waals surface area contributed by atoms with Gasteiger partial charge in [-0.15, -0.1) is 10.2 Å². The SMILES string of the molecule is CC(C)c1nncn1C1CCCNC1. The van der Waals surface area contributed by atoms with E-state index in [1.807, 2.05) is 6.33 Å². The van der Waals surface area contributed by atoms with Crippen LogP contribution < -0.4 is 5.32 Å². The Morgan fingerprint density at radius 1 is 1.57 bits per heavy atom. The zero-order valence-electron chi connectivity index (χ0n) is 8.90. The molecule has 1 atom stereocenters. The van der Waals surface area contributed by atoms with Crippen LogP contribution in [0.1, 0.15) is 44.5 Å². The summed E-state index contributed by atoms with van der Waals surface area (Å²) < 4.78 is 2.23. The van der Waals surface area contributed by atoms with E-state index in [2.05, 4.69) is 33.9 Å². The molecule has 1 unspecified atom stereocenters. The van der Waals surface area contributed by atoms with E-state index in [1.165, 1.54) is 12.8 Å². The van der Waals surface area contributed by atoms with Crippen LogP contribution >= 0.6 is 0 Å². The van der Waals surface area contributed by atoms with Gasteiger partial charge in [0.25, 0.3) is 0 Å². The van der Waals surface area contributed by atoms with Gasteiger partial charge in [-0.3, -0.25) is 0 Å². The summed E-state index contributed by atoms with van der Waals surface area (Å²) in [6, 6.07) is 0.552. The van der Waals surface area contributed by atoms with Gasteiger partial charge < -0.3 is 9.88 Å². The minimum Gasteiger partial charge on any atom is -0.315 e. The first kappa shape index (κ1) is 9.65. The molecule has 1 aromatic heterocycles. The third-order valence-corrected chi connectivity index (χ3v) is 2.78. The van der Waals surface area contributed by atoms with Crippen molar-refractivity contribution in [1.82, 2.24) is 20.1 Å². The Morgan fingerprint density at radius 2 is 2.43 bits per heavy atom. The van der Waals surface area contributed by atoms with E-state index in [0.29, 0.717) is 12.0 Å². The number of nitrogens with zero attached hydrogens (tertiary/aromatic N) is 3. The van der Waals surface area contributed by atoms with Crippen molar-refractivity contribution < 1.29 is 0 Å². The molecule has 1 aliphatic heterocycles. The van der Waals surface area contributed by atoms with Gasteiger partial charge in [-0.2, -0.15) is 0 Å². The standard InChI is InChI=1S/C10H18N4/c1-8(2)10-13-12-7-14(10)9-4-3-5-11-6-9/h7-9,11H,3-6H2,1-2H3. The number of piperidine rings is 1. The maximum atomic E-state index is 4.18. The highest BCUT2D eigenvalue weighted by Gasteiger charge is 2.19. The van der Waals surface area contributed by atoms with Crippen molar-refractivity contribution in [3.63, 3.8) is 0 Å².